The van der Waals surface area contributed by atoms with Crippen LogP contribution < -0.4 is 16.2 Å². The molecular formula is C14H19F2N3O2S. The van der Waals surface area contributed by atoms with E-state index in [1.807, 2.05) is 13.8 Å². The predicted octanol–water partition coefficient (Wildman–Crippen LogP) is 1.21. The minimum Gasteiger partial charge on any atom is -0.392 e. The Kier molecular flexibility index (Phi) is 5.28. The minimum absolute atomic E-state index is 0.0468. The Balaban J connectivity index is 2.51. The number of thiocarbonyl (C=S) groups is 1. The molecule has 1 aliphatic heterocycles. The predicted molar refractivity (Wildman–Crippen MR) is 83.5 cm³/mol. The Labute approximate surface area is 133 Å². The van der Waals surface area contributed by atoms with Crippen LogP contribution in [0, 0.1) is 11.6 Å². The van der Waals surface area contributed by atoms with E-state index in [1.165, 1.54) is 6.07 Å². The van der Waals surface area contributed by atoms with Crippen molar-refractivity contribution in [2.75, 3.05) is 18.0 Å². The van der Waals surface area contributed by atoms with E-state index < -0.39 is 18.2 Å². The van der Waals surface area contributed by atoms with E-state index in [1.54, 1.807) is 4.90 Å². The van der Waals surface area contributed by atoms with Gasteiger partial charge in [-0.05, 0) is 19.9 Å². The molecule has 2 atom stereocenters. The van der Waals surface area contributed by atoms with Crippen LogP contribution in [0.1, 0.15) is 25.0 Å². The number of anilines is 1. The third kappa shape index (κ3) is 3.19. The highest BCUT2D eigenvalue weighted by Crippen LogP contribution is 2.31. The number of rotatable bonds is 3. The summed E-state index contributed by atoms with van der Waals surface area (Å²) in [6.07, 6.45) is -0.242. The number of aliphatic hydroxyl groups is 1. The number of hydrogen-bond donors (Lipinski definition) is 3. The molecule has 5 nitrogen and oxygen atoms in total. The summed E-state index contributed by atoms with van der Waals surface area (Å²) < 4.78 is 34.4. The zero-order chi connectivity index (χ0) is 16.4. The van der Waals surface area contributed by atoms with Gasteiger partial charge in [0.25, 0.3) is 0 Å². The normalized spacial score (nSPS) is 21.8. The van der Waals surface area contributed by atoms with Crippen molar-refractivity contribution in [3.05, 3.63) is 28.8 Å². The molecule has 122 valence electrons. The van der Waals surface area contributed by atoms with Gasteiger partial charge in [0.15, 0.2) is 11.6 Å². The maximum atomic E-state index is 14.5. The highest BCUT2D eigenvalue weighted by molar-refractivity contribution is 7.80. The summed E-state index contributed by atoms with van der Waals surface area (Å²) in [4.78, 5) is 1.56. The van der Waals surface area contributed by atoms with Crippen LogP contribution in [0.5, 0.6) is 0 Å². The molecule has 1 aromatic rings. The highest BCUT2D eigenvalue weighted by Gasteiger charge is 2.29. The van der Waals surface area contributed by atoms with E-state index in [4.69, 9.17) is 22.8 Å². The molecule has 0 bridgehead atoms. The van der Waals surface area contributed by atoms with Gasteiger partial charge < -0.3 is 20.2 Å². The number of halogens is 2. The summed E-state index contributed by atoms with van der Waals surface area (Å²) in [5.41, 5.74) is 2.26. The minimum atomic E-state index is -1.08. The molecule has 1 aromatic carbocycles. The fraction of sp³-hybridized carbons (Fsp3) is 0.500. The summed E-state index contributed by atoms with van der Waals surface area (Å²) in [6, 6.07) is 1.32. The number of aliphatic hydroxyl groups excluding tert-OH is 1. The molecule has 0 radical (unpaired) electrons. The molecule has 0 amide bonds. The van der Waals surface area contributed by atoms with Crippen LogP contribution in [0.2, 0.25) is 0 Å². The van der Waals surface area contributed by atoms with Gasteiger partial charge in [0.05, 0.1) is 24.5 Å². The van der Waals surface area contributed by atoms with Crippen molar-refractivity contribution < 1.29 is 18.6 Å². The average Bonchev–Trinajstić information content (AvgIpc) is 2.47. The molecule has 0 aliphatic carbocycles. The first kappa shape index (κ1) is 17.0. The first-order valence-electron chi connectivity index (χ1n) is 6.92. The van der Waals surface area contributed by atoms with Crippen LogP contribution in [-0.4, -0.2) is 35.4 Å². The van der Waals surface area contributed by atoms with Crippen LogP contribution >= 0.6 is 12.2 Å². The second-order valence-electron chi connectivity index (χ2n) is 5.35. The van der Waals surface area contributed by atoms with E-state index >= 15 is 0 Å². The summed E-state index contributed by atoms with van der Waals surface area (Å²) in [6.45, 7) is 4.10. The van der Waals surface area contributed by atoms with Crippen LogP contribution in [0.3, 0.4) is 0 Å². The SMILES string of the molecule is C[C@@H]1CN(c2c(CO)cc(C(=S)NN)c(F)c2F)C[C@H](C)O1. The van der Waals surface area contributed by atoms with Crippen LogP contribution in [0.25, 0.3) is 0 Å². The van der Waals surface area contributed by atoms with Crippen LogP contribution in [-0.2, 0) is 11.3 Å². The molecule has 1 fully saturated rings. The molecule has 0 spiro atoms. The van der Waals surface area contributed by atoms with Crippen molar-refractivity contribution in [3.8, 4) is 0 Å². The Morgan fingerprint density at radius 3 is 2.50 bits per heavy atom. The number of benzene rings is 1. The molecular weight excluding hydrogens is 312 g/mol. The Hall–Kier alpha value is -1.35. The van der Waals surface area contributed by atoms with Gasteiger partial charge in [0, 0.05) is 24.2 Å². The van der Waals surface area contributed by atoms with Gasteiger partial charge in [-0.2, -0.15) is 0 Å². The number of hydrazine groups is 1. The Morgan fingerprint density at radius 1 is 1.41 bits per heavy atom. The van der Waals surface area contributed by atoms with Crippen LogP contribution in [0.4, 0.5) is 14.5 Å². The third-order valence-corrected chi connectivity index (χ3v) is 3.88. The lowest BCUT2D eigenvalue weighted by molar-refractivity contribution is -0.00554. The molecule has 8 heteroatoms. The fourth-order valence-electron chi connectivity index (χ4n) is 2.73. The smallest absolute Gasteiger partial charge is 0.183 e. The van der Waals surface area contributed by atoms with Crippen LogP contribution in [0.15, 0.2) is 6.07 Å². The standard InChI is InChI=1S/C14H19F2N3O2S/c1-7-4-19(5-8(2)21-7)13-9(6-20)3-10(14(22)18-17)11(15)12(13)16/h3,7-8,20H,4-6,17H2,1-2H3,(H,18,22)/t7-,8+. The lowest BCUT2D eigenvalue weighted by Crippen LogP contribution is -2.46. The second kappa shape index (κ2) is 6.82. The van der Waals surface area contributed by atoms with Gasteiger partial charge >= 0.3 is 0 Å². The quantitative estimate of drug-likeness (QED) is 0.439. The number of morpholine rings is 1. The van der Waals surface area contributed by atoms with Crippen molar-refractivity contribution >= 4 is 22.9 Å². The van der Waals surface area contributed by atoms with E-state index in [2.05, 4.69) is 5.43 Å². The van der Waals surface area contributed by atoms with Crippen molar-refractivity contribution in [3.63, 3.8) is 0 Å². The first-order valence-corrected chi connectivity index (χ1v) is 7.32. The van der Waals surface area contributed by atoms with Gasteiger partial charge in [0.1, 0.15) is 4.99 Å². The first-order chi connectivity index (χ1) is 10.4. The third-order valence-electron chi connectivity index (χ3n) is 3.54. The topological polar surface area (TPSA) is 70.8 Å². The average molecular weight is 331 g/mol. The van der Waals surface area contributed by atoms with E-state index in [0.29, 0.717) is 13.1 Å². The summed E-state index contributed by atoms with van der Waals surface area (Å²) in [5, 5.41) is 9.53. The number of nitrogens with two attached hydrogens (primary N) is 1. The zero-order valence-electron chi connectivity index (χ0n) is 12.4. The maximum Gasteiger partial charge on any atom is 0.183 e. The molecule has 0 saturated carbocycles. The monoisotopic (exact) mass is 331 g/mol. The molecule has 0 aromatic heterocycles. The molecule has 22 heavy (non-hydrogen) atoms. The van der Waals surface area contributed by atoms with E-state index in [-0.39, 0.29) is 34.0 Å². The maximum absolute atomic E-state index is 14.5. The zero-order valence-corrected chi connectivity index (χ0v) is 13.2. The summed E-state index contributed by atoms with van der Waals surface area (Å²) >= 11 is 4.86. The number of nitrogens with zero attached hydrogens (tertiary/aromatic N) is 1. The Bertz CT molecular complexity index is 576. The van der Waals surface area contributed by atoms with Crippen molar-refractivity contribution in [2.24, 2.45) is 5.84 Å². The summed E-state index contributed by atoms with van der Waals surface area (Å²) in [5.74, 6) is 3.04. The van der Waals surface area contributed by atoms with Crippen molar-refractivity contribution in [2.45, 2.75) is 32.7 Å². The molecule has 4 N–H and O–H groups in total. The van der Waals surface area contributed by atoms with Gasteiger partial charge in [-0.3, -0.25) is 0 Å². The molecule has 2 rings (SSSR count). The second-order valence-corrected chi connectivity index (χ2v) is 5.76. The number of ether oxygens (including phenoxy) is 1. The van der Waals surface area contributed by atoms with E-state index in [9.17, 15) is 13.9 Å². The van der Waals surface area contributed by atoms with Gasteiger partial charge in [-0.25, -0.2) is 14.6 Å². The lowest BCUT2D eigenvalue weighted by atomic mass is 10.0. The number of nitrogens with one attached hydrogen (secondary N) is 1. The largest absolute Gasteiger partial charge is 0.392 e. The molecule has 0 unspecified atom stereocenters. The fourth-order valence-corrected chi connectivity index (χ4v) is 2.88. The van der Waals surface area contributed by atoms with Gasteiger partial charge in [0.2, 0.25) is 0 Å². The van der Waals surface area contributed by atoms with Crippen molar-refractivity contribution in [1.82, 2.24) is 5.43 Å². The van der Waals surface area contributed by atoms with Crippen molar-refractivity contribution in [1.29, 1.82) is 0 Å². The molecule has 1 aliphatic rings. The van der Waals surface area contributed by atoms with E-state index in [0.717, 1.165) is 0 Å². The molecule has 1 heterocycles. The molecule has 1 saturated heterocycles. The van der Waals surface area contributed by atoms with Gasteiger partial charge in [-0.15, -0.1) is 0 Å². The lowest BCUT2D eigenvalue weighted by Gasteiger charge is -2.38. The Morgan fingerprint density at radius 2 is 2.00 bits per heavy atom. The highest BCUT2D eigenvalue weighted by atomic mass is 32.1. The van der Waals surface area contributed by atoms with Gasteiger partial charge in [-0.1, -0.05) is 12.2 Å². The number of hydrogen-bond acceptors (Lipinski definition) is 5. The summed E-state index contributed by atoms with van der Waals surface area (Å²) in [7, 11) is 0.